The number of rotatable bonds is 4. The van der Waals surface area contributed by atoms with Gasteiger partial charge in [-0.3, -0.25) is 4.79 Å². The molecule has 0 aliphatic carbocycles. The van der Waals surface area contributed by atoms with Gasteiger partial charge in [-0.2, -0.15) is 0 Å². The molecule has 0 heterocycles. The predicted octanol–water partition coefficient (Wildman–Crippen LogP) is 2.99. The number of aryl methyl sites for hydroxylation is 1. The van der Waals surface area contributed by atoms with E-state index in [9.17, 15) is 14.7 Å². The minimum absolute atomic E-state index is 0.0812. The maximum Gasteiger partial charge on any atom is 0.336 e. The summed E-state index contributed by atoms with van der Waals surface area (Å²) in [6.07, 6.45) is -0.0812. The van der Waals surface area contributed by atoms with Crippen molar-refractivity contribution in [3.8, 4) is 11.1 Å². The Morgan fingerprint density at radius 2 is 1.80 bits per heavy atom. The Bertz CT molecular complexity index is 674. The molecule has 0 radical (unpaired) electrons. The van der Waals surface area contributed by atoms with Crippen LogP contribution in [0.2, 0.25) is 0 Å². The molecular formula is C16H14O4. The summed E-state index contributed by atoms with van der Waals surface area (Å²) in [4.78, 5) is 22.1. The van der Waals surface area contributed by atoms with Crippen molar-refractivity contribution in [1.82, 2.24) is 0 Å². The SMILES string of the molecule is Cc1ccc(-c2cccc(CC(=O)O)c2)c(C(=O)O)c1. The van der Waals surface area contributed by atoms with Crippen LogP contribution in [0.25, 0.3) is 11.1 Å². The van der Waals surface area contributed by atoms with E-state index < -0.39 is 11.9 Å². The van der Waals surface area contributed by atoms with E-state index in [0.29, 0.717) is 16.7 Å². The van der Waals surface area contributed by atoms with Gasteiger partial charge in [0.25, 0.3) is 0 Å². The van der Waals surface area contributed by atoms with Gasteiger partial charge in [0, 0.05) is 0 Å². The molecule has 4 nitrogen and oxygen atoms in total. The number of hydrogen-bond acceptors (Lipinski definition) is 2. The summed E-state index contributed by atoms with van der Waals surface area (Å²) in [7, 11) is 0. The molecule has 0 aliphatic heterocycles. The second-order valence-corrected chi connectivity index (χ2v) is 4.63. The Morgan fingerprint density at radius 1 is 1.05 bits per heavy atom. The fourth-order valence-corrected chi connectivity index (χ4v) is 2.11. The average Bonchev–Trinajstić information content (AvgIpc) is 2.38. The fraction of sp³-hybridized carbons (Fsp3) is 0.125. The van der Waals surface area contributed by atoms with Gasteiger partial charge in [0.15, 0.2) is 0 Å². The molecule has 2 N–H and O–H groups in total. The molecule has 0 spiro atoms. The van der Waals surface area contributed by atoms with Crippen LogP contribution in [0.1, 0.15) is 21.5 Å². The van der Waals surface area contributed by atoms with Crippen molar-refractivity contribution in [2.24, 2.45) is 0 Å². The third kappa shape index (κ3) is 3.03. The quantitative estimate of drug-likeness (QED) is 0.895. The first kappa shape index (κ1) is 13.8. The first-order valence-corrected chi connectivity index (χ1v) is 6.12. The number of benzene rings is 2. The molecule has 0 atom stereocenters. The second kappa shape index (κ2) is 5.57. The van der Waals surface area contributed by atoms with Crippen LogP contribution in [0.5, 0.6) is 0 Å². The zero-order chi connectivity index (χ0) is 14.7. The van der Waals surface area contributed by atoms with Crippen molar-refractivity contribution in [2.45, 2.75) is 13.3 Å². The van der Waals surface area contributed by atoms with Crippen LogP contribution in [0.4, 0.5) is 0 Å². The molecule has 2 rings (SSSR count). The van der Waals surface area contributed by atoms with Gasteiger partial charge in [0.05, 0.1) is 12.0 Å². The molecule has 0 aromatic heterocycles. The number of carboxylic acids is 2. The van der Waals surface area contributed by atoms with Crippen molar-refractivity contribution in [2.75, 3.05) is 0 Å². The summed E-state index contributed by atoms with van der Waals surface area (Å²) in [5, 5.41) is 18.1. The Kier molecular flexibility index (Phi) is 3.84. The molecular weight excluding hydrogens is 256 g/mol. The number of hydrogen-bond donors (Lipinski definition) is 2. The number of carboxylic acid groups (broad SMARTS) is 2. The van der Waals surface area contributed by atoms with E-state index in [-0.39, 0.29) is 12.0 Å². The monoisotopic (exact) mass is 270 g/mol. The molecule has 0 aliphatic rings. The highest BCUT2D eigenvalue weighted by molar-refractivity contribution is 5.96. The van der Waals surface area contributed by atoms with E-state index in [4.69, 9.17) is 5.11 Å². The molecule has 0 bridgehead atoms. The van der Waals surface area contributed by atoms with Crippen LogP contribution in [-0.2, 0) is 11.2 Å². The van der Waals surface area contributed by atoms with Crippen molar-refractivity contribution in [3.05, 3.63) is 59.2 Å². The average molecular weight is 270 g/mol. The lowest BCUT2D eigenvalue weighted by Crippen LogP contribution is -2.02. The maximum absolute atomic E-state index is 11.3. The van der Waals surface area contributed by atoms with E-state index >= 15 is 0 Å². The molecule has 102 valence electrons. The van der Waals surface area contributed by atoms with Crippen LogP contribution in [0.15, 0.2) is 42.5 Å². The third-order valence-electron chi connectivity index (χ3n) is 3.00. The van der Waals surface area contributed by atoms with Gasteiger partial charge in [0.2, 0.25) is 0 Å². The highest BCUT2D eigenvalue weighted by atomic mass is 16.4. The van der Waals surface area contributed by atoms with E-state index in [0.717, 1.165) is 5.56 Å². The summed E-state index contributed by atoms with van der Waals surface area (Å²) in [6.45, 7) is 1.83. The number of carbonyl (C=O) groups is 2. The summed E-state index contributed by atoms with van der Waals surface area (Å²) in [5.74, 6) is -1.91. The van der Waals surface area contributed by atoms with E-state index in [1.54, 1.807) is 36.4 Å². The number of aliphatic carboxylic acids is 1. The molecule has 0 fully saturated rings. The van der Waals surface area contributed by atoms with Gasteiger partial charge in [0.1, 0.15) is 0 Å². The standard InChI is InChI=1S/C16H14O4/c1-10-5-6-13(14(7-10)16(19)20)12-4-2-3-11(8-12)9-15(17)18/h2-8H,9H2,1H3,(H,17,18)(H,19,20). The Balaban J connectivity index is 2.51. The van der Waals surface area contributed by atoms with Crippen LogP contribution in [0.3, 0.4) is 0 Å². The van der Waals surface area contributed by atoms with Gasteiger partial charge in [-0.1, -0.05) is 42.0 Å². The minimum atomic E-state index is -0.993. The van der Waals surface area contributed by atoms with Gasteiger partial charge in [-0.15, -0.1) is 0 Å². The summed E-state index contributed by atoms with van der Waals surface area (Å²) in [6, 6.07) is 12.1. The van der Waals surface area contributed by atoms with E-state index in [2.05, 4.69) is 0 Å². The van der Waals surface area contributed by atoms with Gasteiger partial charge in [-0.25, -0.2) is 4.79 Å². The molecule has 2 aromatic carbocycles. The zero-order valence-corrected chi connectivity index (χ0v) is 11.0. The zero-order valence-electron chi connectivity index (χ0n) is 11.0. The first-order valence-electron chi connectivity index (χ1n) is 6.12. The molecule has 2 aromatic rings. The minimum Gasteiger partial charge on any atom is -0.481 e. The predicted molar refractivity (Wildman–Crippen MR) is 74.9 cm³/mol. The first-order chi connectivity index (χ1) is 9.47. The smallest absolute Gasteiger partial charge is 0.336 e. The molecule has 0 saturated carbocycles. The molecule has 0 amide bonds. The van der Waals surface area contributed by atoms with Crippen LogP contribution in [-0.4, -0.2) is 22.2 Å². The van der Waals surface area contributed by atoms with Crippen LogP contribution < -0.4 is 0 Å². The van der Waals surface area contributed by atoms with Crippen molar-refractivity contribution < 1.29 is 19.8 Å². The van der Waals surface area contributed by atoms with Gasteiger partial charge >= 0.3 is 11.9 Å². The number of aromatic carboxylic acids is 1. The fourth-order valence-electron chi connectivity index (χ4n) is 2.11. The Labute approximate surface area is 116 Å². The molecule has 0 unspecified atom stereocenters. The van der Waals surface area contributed by atoms with Crippen molar-refractivity contribution in [3.63, 3.8) is 0 Å². The van der Waals surface area contributed by atoms with E-state index in [1.165, 1.54) is 0 Å². The third-order valence-corrected chi connectivity index (χ3v) is 3.00. The lowest BCUT2D eigenvalue weighted by molar-refractivity contribution is -0.136. The summed E-state index contributed by atoms with van der Waals surface area (Å²) < 4.78 is 0. The summed E-state index contributed by atoms with van der Waals surface area (Å²) in [5.41, 5.74) is 3.04. The Morgan fingerprint density at radius 3 is 2.45 bits per heavy atom. The maximum atomic E-state index is 11.3. The van der Waals surface area contributed by atoms with Crippen molar-refractivity contribution >= 4 is 11.9 Å². The lowest BCUT2D eigenvalue weighted by atomic mass is 9.96. The topological polar surface area (TPSA) is 74.6 Å². The highest BCUT2D eigenvalue weighted by Crippen LogP contribution is 2.26. The largest absolute Gasteiger partial charge is 0.481 e. The second-order valence-electron chi connectivity index (χ2n) is 4.63. The Hall–Kier alpha value is -2.62. The van der Waals surface area contributed by atoms with Crippen LogP contribution >= 0.6 is 0 Å². The lowest BCUT2D eigenvalue weighted by Gasteiger charge is -2.09. The van der Waals surface area contributed by atoms with Gasteiger partial charge in [-0.05, 0) is 29.7 Å². The molecule has 0 saturated heterocycles. The van der Waals surface area contributed by atoms with Crippen molar-refractivity contribution in [1.29, 1.82) is 0 Å². The molecule has 4 heteroatoms. The molecule has 20 heavy (non-hydrogen) atoms. The normalized spacial score (nSPS) is 10.2. The van der Waals surface area contributed by atoms with Gasteiger partial charge < -0.3 is 10.2 Å². The van der Waals surface area contributed by atoms with Crippen LogP contribution in [0, 0.1) is 6.92 Å². The van der Waals surface area contributed by atoms with E-state index in [1.807, 2.05) is 13.0 Å². The summed E-state index contributed by atoms with van der Waals surface area (Å²) >= 11 is 0. The highest BCUT2D eigenvalue weighted by Gasteiger charge is 2.12.